The third-order valence-electron chi connectivity index (χ3n) is 6.37. The summed E-state index contributed by atoms with van der Waals surface area (Å²) in [6, 6.07) is 9.48. The summed E-state index contributed by atoms with van der Waals surface area (Å²) >= 11 is 0. The quantitative estimate of drug-likeness (QED) is 0.568. The average molecular weight is 478 g/mol. The highest BCUT2D eigenvalue weighted by atomic mass is 32.2. The Kier molecular flexibility index (Phi) is 8.20. The van der Waals surface area contributed by atoms with Crippen molar-refractivity contribution in [2.75, 3.05) is 39.5 Å². The molecule has 1 fully saturated rings. The molecule has 1 N–H and O–H groups in total. The third-order valence-corrected chi connectivity index (χ3v) is 8.39. The van der Waals surface area contributed by atoms with Crippen LogP contribution in [0.3, 0.4) is 0 Å². The standard InChI is InChI=1S/C24H35N3O5S/c1-5-27(6-2)33(29,30)21-16-22(26(4)17-21)23(28)25-18-24(12-14-31-15-13-24)19-8-10-20(11-9-19)32-7-3/h8-11,16-17H,5-7,12-15,18H2,1-4H3,(H,25,28). The molecule has 3 rings (SSSR count). The van der Waals surface area contributed by atoms with Crippen molar-refractivity contribution < 1.29 is 22.7 Å². The lowest BCUT2D eigenvalue weighted by Crippen LogP contribution is -2.44. The van der Waals surface area contributed by atoms with Crippen LogP contribution in [0.25, 0.3) is 0 Å². The zero-order valence-corrected chi connectivity index (χ0v) is 20.8. The topological polar surface area (TPSA) is 89.9 Å². The first-order valence-corrected chi connectivity index (χ1v) is 13.0. The van der Waals surface area contributed by atoms with E-state index in [1.807, 2.05) is 19.1 Å². The highest BCUT2D eigenvalue weighted by molar-refractivity contribution is 7.89. The van der Waals surface area contributed by atoms with Crippen LogP contribution < -0.4 is 10.1 Å². The van der Waals surface area contributed by atoms with Crippen molar-refractivity contribution in [3.05, 3.63) is 47.8 Å². The van der Waals surface area contributed by atoms with Crippen LogP contribution in [0.5, 0.6) is 5.75 Å². The molecule has 0 atom stereocenters. The maximum absolute atomic E-state index is 13.1. The van der Waals surface area contributed by atoms with Gasteiger partial charge in [-0.1, -0.05) is 26.0 Å². The number of nitrogens with one attached hydrogen (secondary N) is 1. The second-order valence-corrected chi connectivity index (χ2v) is 10.2. The molecule has 182 valence electrons. The monoisotopic (exact) mass is 477 g/mol. The molecule has 1 aromatic carbocycles. The average Bonchev–Trinajstić information content (AvgIpc) is 3.22. The first kappa shape index (κ1) is 25.3. The van der Waals surface area contributed by atoms with Gasteiger partial charge in [-0.05, 0) is 43.5 Å². The second-order valence-electron chi connectivity index (χ2n) is 8.29. The summed E-state index contributed by atoms with van der Waals surface area (Å²) in [4.78, 5) is 13.2. The van der Waals surface area contributed by atoms with Crippen LogP contribution in [0, 0.1) is 0 Å². The van der Waals surface area contributed by atoms with Gasteiger partial charge in [0.2, 0.25) is 10.0 Å². The number of carbonyl (C=O) groups is 1. The maximum atomic E-state index is 13.1. The van der Waals surface area contributed by atoms with E-state index in [2.05, 4.69) is 17.4 Å². The Balaban J connectivity index is 1.79. The Morgan fingerprint density at radius 2 is 1.79 bits per heavy atom. The SMILES string of the molecule is CCOc1ccc(C2(CNC(=O)c3cc(S(=O)(=O)N(CC)CC)cn3C)CCOCC2)cc1. The molecule has 0 radical (unpaired) electrons. The van der Waals surface area contributed by atoms with E-state index in [0.29, 0.717) is 45.1 Å². The molecule has 1 aliphatic heterocycles. The van der Waals surface area contributed by atoms with Gasteiger partial charge in [0.25, 0.3) is 5.91 Å². The van der Waals surface area contributed by atoms with Gasteiger partial charge < -0.3 is 19.4 Å². The van der Waals surface area contributed by atoms with Crippen molar-refractivity contribution in [1.82, 2.24) is 14.2 Å². The van der Waals surface area contributed by atoms with E-state index in [-0.39, 0.29) is 16.2 Å². The second kappa shape index (κ2) is 10.7. The van der Waals surface area contributed by atoms with Crippen molar-refractivity contribution in [2.45, 2.75) is 43.9 Å². The predicted octanol–water partition coefficient (Wildman–Crippen LogP) is 2.93. The smallest absolute Gasteiger partial charge is 0.267 e. The van der Waals surface area contributed by atoms with Gasteiger partial charge in [0, 0.05) is 51.5 Å². The Hall–Kier alpha value is -2.36. The third kappa shape index (κ3) is 5.42. The molecule has 1 saturated heterocycles. The predicted molar refractivity (Wildman–Crippen MR) is 127 cm³/mol. The van der Waals surface area contributed by atoms with E-state index >= 15 is 0 Å². The van der Waals surface area contributed by atoms with Gasteiger partial charge in [-0.2, -0.15) is 4.31 Å². The number of rotatable bonds is 10. The van der Waals surface area contributed by atoms with Gasteiger partial charge in [-0.3, -0.25) is 4.79 Å². The maximum Gasteiger partial charge on any atom is 0.267 e. The highest BCUT2D eigenvalue weighted by Crippen LogP contribution is 2.35. The molecular weight excluding hydrogens is 442 g/mol. The van der Waals surface area contributed by atoms with E-state index < -0.39 is 10.0 Å². The summed E-state index contributed by atoms with van der Waals surface area (Å²) in [5, 5.41) is 3.06. The number of carbonyl (C=O) groups excluding carboxylic acids is 1. The zero-order chi connectivity index (χ0) is 24.1. The van der Waals surface area contributed by atoms with Crippen molar-refractivity contribution in [1.29, 1.82) is 0 Å². The van der Waals surface area contributed by atoms with Crippen molar-refractivity contribution in [2.24, 2.45) is 7.05 Å². The highest BCUT2D eigenvalue weighted by Gasteiger charge is 2.35. The lowest BCUT2D eigenvalue weighted by molar-refractivity contribution is 0.0486. The molecule has 0 unspecified atom stereocenters. The molecule has 33 heavy (non-hydrogen) atoms. The number of hydrogen-bond donors (Lipinski definition) is 1. The number of ether oxygens (including phenoxy) is 2. The van der Waals surface area contributed by atoms with Gasteiger partial charge in [0.1, 0.15) is 16.3 Å². The minimum absolute atomic E-state index is 0.131. The van der Waals surface area contributed by atoms with Gasteiger partial charge >= 0.3 is 0 Å². The van der Waals surface area contributed by atoms with Gasteiger partial charge in [0.15, 0.2) is 0 Å². The van der Waals surface area contributed by atoms with Gasteiger partial charge in [-0.15, -0.1) is 0 Å². The first-order valence-electron chi connectivity index (χ1n) is 11.5. The number of aryl methyl sites for hydroxylation is 1. The van der Waals surface area contributed by atoms with E-state index in [0.717, 1.165) is 24.2 Å². The Morgan fingerprint density at radius 1 is 1.15 bits per heavy atom. The molecule has 1 aliphatic rings. The minimum atomic E-state index is -3.63. The van der Waals surface area contributed by atoms with Crippen LogP contribution in [0.1, 0.15) is 49.7 Å². The molecule has 0 saturated carbocycles. The van der Waals surface area contributed by atoms with E-state index in [4.69, 9.17) is 9.47 Å². The Bertz CT molecular complexity index is 1040. The van der Waals surface area contributed by atoms with Crippen LogP contribution in [0.15, 0.2) is 41.4 Å². The molecular formula is C24H35N3O5S. The van der Waals surface area contributed by atoms with Crippen LogP contribution in [0.4, 0.5) is 0 Å². The van der Waals surface area contributed by atoms with Crippen LogP contribution in [0.2, 0.25) is 0 Å². The molecule has 0 spiro atoms. The molecule has 2 heterocycles. The number of sulfonamides is 1. The minimum Gasteiger partial charge on any atom is -0.494 e. The molecule has 1 amide bonds. The van der Waals surface area contributed by atoms with Gasteiger partial charge in [0.05, 0.1) is 6.61 Å². The summed E-state index contributed by atoms with van der Waals surface area (Å²) in [6.07, 6.45) is 3.07. The molecule has 1 aromatic heterocycles. The van der Waals surface area contributed by atoms with E-state index in [9.17, 15) is 13.2 Å². The molecule has 2 aromatic rings. The number of amides is 1. The summed E-state index contributed by atoms with van der Waals surface area (Å²) in [5.74, 6) is 0.522. The van der Waals surface area contributed by atoms with Crippen LogP contribution in [-0.2, 0) is 27.2 Å². The normalized spacial score (nSPS) is 16.0. The van der Waals surface area contributed by atoms with Crippen molar-refractivity contribution >= 4 is 15.9 Å². The van der Waals surface area contributed by atoms with Gasteiger partial charge in [-0.25, -0.2) is 8.42 Å². The lowest BCUT2D eigenvalue weighted by atomic mass is 9.74. The van der Waals surface area contributed by atoms with Crippen molar-refractivity contribution in [3.63, 3.8) is 0 Å². The molecule has 8 nitrogen and oxygen atoms in total. The number of benzene rings is 1. The fraction of sp³-hybridized carbons (Fsp3) is 0.542. The number of hydrogen-bond acceptors (Lipinski definition) is 5. The molecule has 0 aliphatic carbocycles. The molecule has 0 bridgehead atoms. The number of nitrogens with zero attached hydrogens (tertiary/aromatic N) is 2. The Labute approximate surface area is 196 Å². The fourth-order valence-corrected chi connectivity index (χ4v) is 5.88. The fourth-order valence-electron chi connectivity index (χ4n) is 4.35. The van der Waals surface area contributed by atoms with E-state index in [1.165, 1.54) is 16.6 Å². The Morgan fingerprint density at radius 3 is 2.36 bits per heavy atom. The largest absolute Gasteiger partial charge is 0.494 e. The first-order chi connectivity index (χ1) is 15.8. The summed E-state index contributed by atoms with van der Waals surface area (Å²) < 4.78 is 39.8. The lowest BCUT2D eigenvalue weighted by Gasteiger charge is -2.38. The van der Waals surface area contributed by atoms with Crippen LogP contribution >= 0.6 is 0 Å². The van der Waals surface area contributed by atoms with Crippen molar-refractivity contribution in [3.8, 4) is 5.75 Å². The summed E-state index contributed by atoms with van der Waals surface area (Å²) in [6.45, 7) is 8.59. The summed E-state index contributed by atoms with van der Waals surface area (Å²) in [5.41, 5.74) is 1.20. The molecule has 9 heteroatoms. The number of aromatic nitrogens is 1. The van der Waals surface area contributed by atoms with E-state index in [1.54, 1.807) is 25.5 Å². The van der Waals surface area contributed by atoms with Crippen LogP contribution in [-0.4, -0.2) is 62.7 Å². The summed E-state index contributed by atoms with van der Waals surface area (Å²) in [7, 11) is -1.94. The zero-order valence-electron chi connectivity index (χ0n) is 20.0.